The van der Waals surface area contributed by atoms with Crippen molar-refractivity contribution in [2.45, 2.75) is 78.4 Å². The second kappa shape index (κ2) is 6.59. The SMILES string of the molecule is Cn1c(C=C(F)B2OC(C)(C)C(C)(C)O2)nc2c1CN(C(=O)OC(C)(C)C)C2. The van der Waals surface area contributed by atoms with Crippen molar-refractivity contribution in [3.8, 4) is 0 Å². The lowest BCUT2D eigenvalue weighted by molar-refractivity contribution is 0.00578. The van der Waals surface area contributed by atoms with E-state index in [9.17, 15) is 9.18 Å². The van der Waals surface area contributed by atoms with Crippen LogP contribution in [0.2, 0.25) is 0 Å². The molecule has 2 aliphatic rings. The van der Waals surface area contributed by atoms with Crippen LogP contribution in [0.4, 0.5) is 9.18 Å². The largest absolute Gasteiger partial charge is 0.525 e. The molecule has 3 rings (SSSR count). The first-order chi connectivity index (χ1) is 12.7. The molecule has 2 aliphatic heterocycles. The van der Waals surface area contributed by atoms with Crippen LogP contribution in [0, 0.1) is 0 Å². The number of carbonyl (C=O) groups excluding carboxylic acids is 1. The summed E-state index contributed by atoms with van der Waals surface area (Å²) in [6.07, 6.45) is 0.948. The van der Waals surface area contributed by atoms with Crippen LogP contribution in [0.3, 0.4) is 0 Å². The summed E-state index contributed by atoms with van der Waals surface area (Å²) in [5.41, 5.74) is -0.714. The van der Waals surface area contributed by atoms with Gasteiger partial charge < -0.3 is 18.6 Å². The molecule has 0 unspecified atom stereocenters. The topological polar surface area (TPSA) is 65.8 Å². The van der Waals surface area contributed by atoms with Crippen molar-refractivity contribution >= 4 is 19.3 Å². The van der Waals surface area contributed by atoms with Gasteiger partial charge in [-0.1, -0.05) is 0 Å². The van der Waals surface area contributed by atoms with E-state index in [-0.39, 0.29) is 6.09 Å². The predicted molar refractivity (Wildman–Crippen MR) is 104 cm³/mol. The van der Waals surface area contributed by atoms with Crippen molar-refractivity contribution in [2.24, 2.45) is 7.05 Å². The average Bonchev–Trinajstić information content (AvgIpc) is 3.11. The third kappa shape index (κ3) is 3.82. The molecule has 0 atom stereocenters. The van der Waals surface area contributed by atoms with Gasteiger partial charge in [0.25, 0.3) is 0 Å². The van der Waals surface area contributed by atoms with Crippen LogP contribution in [0.5, 0.6) is 0 Å². The molecular weight excluding hydrogens is 364 g/mol. The number of nitrogens with zero attached hydrogens (tertiary/aromatic N) is 3. The van der Waals surface area contributed by atoms with Crippen molar-refractivity contribution in [1.82, 2.24) is 14.5 Å². The third-order valence-corrected chi connectivity index (χ3v) is 5.41. The highest BCUT2D eigenvalue weighted by Crippen LogP contribution is 2.39. The minimum Gasteiger partial charge on any atom is -0.444 e. The first-order valence-corrected chi connectivity index (χ1v) is 9.45. The van der Waals surface area contributed by atoms with Crippen LogP contribution in [0.15, 0.2) is 5.73 Å². The number of rotatable bonds is 2. The molecular formula is C19H29BFN3O4. The Hall–Kier alpha value is -1.87. The predicted octanol–water partition coefficient (Wildman–Crippen LogP) is 3.61. The molecule has 0 bridgehead atoms. The molecule has 3 heterocycles. The van der Waals surface area contributed by atoms with E-state index in [2.05, 4.69) is 4.98 Å². The molecule has 1 amide bonds. The quantitative estimate of drug-likeness (QED) is 0.719. The number of hydrogen-bond acceptors (Lipinski definition) is 5. The number of fused-ring (bicyclic) bond motifs is 1. The fourth-order valence-corrected chi connectivity index (χ4v) is 3.08. The van der Waals surface area contributed by atoms with Gasteiger partial charge in [-0.15, -0.1) is 0 Å². The van der Waals surface area contributed by atoms with E-state index < -0.39 is 29.6 Å². The van der Waals surface area contributed by atoms with Crippen LogP contribution < -0.4 is 0 Å². The Labute approximate surface area is 166 Å². The summed E-state index contributed by atoms with van der Waals surface area (Å²) in [5, 5.41) is 0. The lowest BCUT2D eigenvalue weighted by atomic mass is 9.87. The van der Waals surface area contributed by atoms with E-state index in [1.165, 1.54) is 6.08 Å². The highest BCUT2D eigenvalue weighted by Gasteiger charge is 2.53. The third-order valence-electron chi connectivity index (χ3n) is 5.41. The monoisotopic (exact) mass is 393 g/mol. The Bertz CT molecular complexity index is 810. The van der Waals surface area contributed by atoms with Crippen molar-refractivity contribution in [2.75, 3.05) is 0 Å². The second-order valence-corrected chi connectivity index (χ2v) is 9.38. The van der Waals surface area contributed by atoms with Gasteiger partial charge in [-0.05, 0) is 48.5 Å². The Morgan fingerprint density at radius 2 is 1.79 bits per heavy atom. The maximum absolute atomic E-state index is 14.8. The zero-order valence-electron chi connectivity index (χ0n) is 17.9. The Balaban J connectivity index is 1.74. The van der Waals surface area contributed by atoms with Gasteiger partial charge in [0.05, 0.1) is 35.7 Å². The molecule has 0 aromatic carbocycles. The van der Waals surface area contributed by atoms with E-state index in [1.54, 1.807) is 16.5 Å². The number of imidazole rings is 1. The Morgan fingerprint density at radius 3 is 2.29 bits per heavy atom. The molecule has 0 saturated carbocycles. The molecule has 1 fully saturated rings. The second-order valence-electron chi connectivity index (χ2n) is 9.38. The summed E-state index contributed by atoms with van der Waals surface area (Å²) in [6.45, 7) is 13.7. The van der Waals surface area contributed by atoms with Crippen LogP contribution >= 0.6 is 0 Å². The molecule has 0 spiro atoms. The van der Waals surface area contributed by atoms with Gasteiger partial charge in [0, 0.05) is 13.1 Å². The van der Waals surface area contributed by atoms with Crippen molar-refractivity contribution in [3.63, 3.8) is 0 Å². The molecule has 0 N–H and O–H groups in total. The van der Waals surface area contributed by atoms with E-state index in [0.717, 1.165) is 11.4 Å². The van der Waals surface area contributed by atoms with Gasteiger partial charge >= 0.3 is 13.2 Å². The van der Waals surface area contributed by atoms with Crippen LogP contribution in [0.1, 0.15) is 65.7 Å². The van der Waals surface area contributed by atoms with Gasteiger partial charge in [-0.25, -0.2) is 14.2 Å². The first kappa shape index (κ1) is 20.9. The number of amides is 1. The standard InChI is InChI=1S/C19H29BFN3O4/c1-17(2,3)26-16(25)24-10-12-13(11-24)23(8)15(22-12)9-14(21)20-27-18(4,5)19(6,7)28-20/h9H,10-11H2,1-8H3. The first-order valence-electron chi connectivity index (χ1n) is 9.45. The van der Waals surface area contributed by atoms with Gasteiger partial charge in [-0.2, -0.15) is 0 Å². The van der Waals surface area contributed by atoms with E-state index in [4.69, 9.17) is 14.0 Å². The van der Waals surface area contributed by atoms with Crippen LogP contribution in [-0.4, -0.2) is 44.5 Å². The molecule has 28 heavy (non-hydrogen) atoms. The van der Waals surface area contributed by atoms with E-state index in [0.29, 0.717) is 18.9 Å². The minimum atomic E-state index is -1.06. The fourth-order valence-electron chi connectivity index (χ4n) is 3.08. The normalized spacial score (nSPS) is 21.2. The molecule has 154 valence electrons. The van der Waals surface area contributed by atoms with Crippen molar-refractivity contribution in [3.05, 3.63) is 22.9 Å². The zero-order valence-corrected chi connectivity index (χ0v) is 17.9. The fraction of sp³-hybridized carbons (Fsp3) is 0.684. The Morgan fingerprint density at radius 1 is 1.21 bits per heavy atom. The van der Waals surface area contributed by atoms with Gasteiger partial charge in [0.15, 0.2) is 0 Å². The Kier molecular flexibility index (Phi) is 4.91. The van der Waals surface area contributed by atoms with Gasteiger partial charge in [-0.3, -0.25) is 4.90 Å². The van der Waals surface area contributed by atoms with Gasteiger partial charge in [0.2, 0.25) is 0 Å². The number of halogens is 1. The summed E-state index contributed by atoms with van der Waals surface area (Å²) in [5.74, 6) is 0.459. The highest BCUT2D eigenvalue weighted by atomic mass is 19.1. The molecule has 7 nitrogen and oxygen atoms in total. The summed E-state index contributed by atoms with van der Waals surface area (Å²) in [7, 11) is 0.739. The lowest BCUT2D eigenvalue weighted by Gasteiger charge is -2.32. The number of aromatic nitrogens is 2. The van der Waals surface area contributed by atoms with Crippen molar-refractivity contribution in [1.29, 1.82) is 0 Å². The summed E-state index contributed by atoms with van der Waals surface area (Å²) in [4.78, 5) is 18.3. The summed E-state index contributed by atoms with van der Waals surface area (Å²) < 4.78 is 33.5. The van der Waals surface area contributed by atoms with Crippen LogP contribution in [0.25, 0.3) is 6.08 Å². The van der Waals surface area contributed by atoms with E-state index >= 15 is 0 Å². The lowest BCUT2D eigenvalue weighted by Crippen LogP contribution is -2.41. The maximum Gasteiger partial charge on any atom is 0.525 e. The zero-order chi connectivity index (χ0) is 21.1. The maximum atomic E-state index is 14.8. The number of hydrogen-bond donors (Lipinski definition) is 0. The molecule has 1 saturated heterocycles. The smallest absolute Gasteiger partial charge is 0.444 e. The van der Waals surface area contributed by atoms with Crippen molar-refractivity contribution < 1.29 is 23.2 Å². The molecule has 1 aromatic rings. The number of carbonyl (C=O) groups is 1. The minimum absolute atomic E-state index is 0.337. The molecule has 0 radical (unpaired) electrons. The summed E-state index contributed by atoms with van der Waals surface area (Å²) >= 11 is 0. The summed E-state index contributed by atoms with van der Waals surface area (Å²) in [6, 6.07) is 0. The number of ether oxygens (including phenoxy) is 1. The highest BCUT2D eigenvalue weighted by molar-refractivity contribution is 6.54. The molecule has 9 heteroatoms. The average molecular weight is 393 g/mol. The van der Waals surface area contributed by atoms with E-state index in [1.807, 2.05) is 48.5 Å². The van der Waals surface area contributed by atoms with Gasteiger partial charge in [0.1, 0.15) is 17.2 Å². The molecule has 0 aliphatic carbocycles. The van der Waals surface area contributed by atoms with Crippen LogP contribution in [-0.2, 0) is 34.2 Å². The molecule has 1 aromatic heterocycles.